The average molecular weight is 499 g/mol. The molecule has 37 heavy (non-hydrogen) atoms. The first kappa shape index (κ1) is 23.9. The Hall–Kier alpha value is -4.80. The zero-order valence-corrected chi connectivity index (χ0v) is 20.9. The van der Waals surface area contributed by atoms with E-state index in [9.17, 15) is 4.79 Å². The van der Waals surface area contributed by atoms with Crippen LogP contribution in [0.15, 0.2) is 59.6 Å². The van der Waals surface area contributed by atoms with Crippen molar-refractivity contribution < 1.29 is 14.1 Å². The van der Waals surface area contributed by atoms with Crippen molar-refractivity contribution in [2.75, 3.05) is 5.32 Å². The minimum Gasteiger partial charge on any atom is -0.444 e. The number of ether oxygens (including phenoxy) is 1. The minimum atomic E-state index is -0.611. The summed E-state index contributed by atoms with van der Waals surface area (Å²) in [4.78, 5) is 25.6. The van der Waals surface area contributed by atoms with E-state index in [-0.39, 0.29) is 0 Å². The molecule has 1 amide bonds. The maximum absolute atomic E-state index is 12.2. The van der Waals surface area contributed by atoms with Gasteiger partial charge in [0.15, 0.2) is 0 Å². The number of benzene rings is 1. The van der Waals surface area contributed by atoms with Crippen LogP contribution in [0.5, 0.6) is 0 Å². The highest BCUT2D eigenvalue weighted by molar-refractivity contribution is 5.88. The van der Waals surface area contributed by atoms with Gasteiger partial charge in [0.2, 0.25) is 5.82 Å². The molecule has 1 aromatic carbocycles. The Bertz CT molecular complexity index is 1570. The third-order valence-electron chi connectivity index (χ3n) is 5.35. The van der Waals surface area contributed by atoms with Crippen LogP contribution in [0.1, 0.15) is 39.3 Å². The second kappa shape index (κ2) is 9.69. The van der Waals surface area contributed by atoms with E-state index >= 15 is 0 Å². The van der Waals surface area contributed by atoms with Crippen molar-refractivity contribution >= 4 is 35.0 Å². The quantitative estimate of drug-likeness (QED) is 0.338. The van der Waals surface area contributed by atoms with Crippen LogP contribution in [-0.2, 0) is 11.3 Å². The van der Waals surface area contributed by atoms with Gasteiger partial charge in [0, 0.05) is 24.4 Å². The summed E-state index contributed by atoms with van der Waals surface area (Å²) in [5.74, 6) is 1.44. The summed E-state index contributed by atoms with van der Waals surface area (Å²) in [6.07, 6.45) is 7.88. The van der Waals surface area contributed by atoms with Crippen molar-refractivity contribution in [3.05, 3.63) is 66.7 Å². The zero-order valence-electron chi connectivity index (χ0n) is 20.9. The van der Waals surface area contributed by atoms with Gasteiger partial charge >= 0.3 is 6.09 Å². The van der Waals surface area contributed by atoms with Gasteiger partial charge in [-0.25, -0.2) is 14.8 Å². The van der Waals surface area contributed by atoms with Gasteiger partial charge in [-0.1, -0.05) is 17.3 Å². The summed E-state index contributed by atoms with van der Waals surface area (Å²) < 4.78 is 14.4. The molecule has 0 atom stereocenters. The first-order valence-electron chi connectivity index (χ1n) is 11.8. The lowest BCUT2D eigenvalue weighted by Crippen LogP contribution is -2.27. The second-order valence-electron chi connectivity index (χ2n) is 9.18. The van der Waals surface area contributed by atoms with Crippen LogP contribution in [0.4, 0.5) is 10.5 Å². The predicted octanol–water partition coefficient (Wildman–Crippen LogP) is 5.20. The van der Waals surface area contributed by atoms with Crippen LogP contribution in [0, 0.1) is 0 Å². The third-order valence-corrected chi connectivity index (χ3v) is 5.35. The minimum absolute atomic E-state index is 0.298. The molecule has 188 valence electrons. The zero-order chi connectivity index (χ0) is 26.0. The highest BCUT2D eigenvalue weighted by atomic mass is 16.6. The van der Waals surface area contributed by atoms with Crippen LogP contribution >= 0.6 is 0 Å². The van der Waals surface area contributed by atoms with E-state index in [1.165, 1.54) is 0 Å². The molecule has 0 unspecified atom stereocenters. The SMILES string of the molecule is CCn1ncc(NC(=O)OC(C)(C)C)c1/C=C/c1nc(-c2ccc(-n3cnc4ccccc43)nc2)no1. The van der Waals surface area contributed by atoms with Crippen molar-refractivity contribution in [3.8, 4) is 17.2 Å². The van der Waals surface area contributed by atoms with Gasteiger partial charge in [-0.3, -0.25) is 14.6 Å². The molecular formula is C26H26N8O3. The number of carbonyl (C=O) groups excluding carboxylic acids is 1. The molecular weight excluding hydrogens is 472 g/mol. The molecule has 4 heterocycles. The fourth-order valence-corrected chi connectivity index (χ4v) is 3.71. The van der Waals surface area contributed by atoms with Gasteiger partial charge < -0.3 is 9.26 Å². The number of hydrogen-bond acceptors (Lipinski definition) is 8. The molecule has 0 saturated heterocycles. The van der Waals surface area contributed by atoms with Crippen molar-refractivity contribution in [1.29, 1.82) is 0 Å². The Morgan fingerprint density at radius 1 is 1.11 bits per heavy atom. The number of fused-ring (bicyclic) bond motifs is 1. The third kappa shape index (κ3) is 5.25. The molecule has 11 heteroatoms. The van der Waals surface area contributed by atoms with E-state index in [1.54, 1.807) is 56.3 Å². The Labute approximate surface area is 212 Å². The average Bonchev–Trinajstić information content (AvgIpc) is 3.60. The Balaban J connectivity index is 1.33. The Morgan fingerprint density at radius 2 is 1.95 bits per heavy atom. The van der Waals surface area contributed by atoms with Gasteiger partial charge in [0.1, 0.15) is 17.7 Å². The first-order valence-corrected chi connectivity index (χ1v) is 11.8. The lowest BCUT2D eigenvalue weighted by molar-refractivity contribution is 0.0636. The van der Waals surface area contributed by atoms with E-state index in [4.69, 9.17) is 9.26 Å². The lowest BCUT2D eigenvalue weighted by Gasteiger charge is -2.19. The molecule has 0 radical (unpaired) electrons. The molecule has 0 fully saturated rings. The molecule has 5 aromatic rings. The Kier molecular flexibility index (Phi) is 6.26. The highest BCUT2D eigenvalue weighted by Crippen LogP contribution is 2.22. The number of nitrogens with zero attached hydrogens (tertiary/aromatic N) is 7. The van der Waals surface area contributed by atoms with Crippen molar-refractivity contribution in [1.82, 2.24) is 34.5 Å². The van der Waals surface area contributed by atoms with E-state index < -0.39 is 11.7 Å². The molecule has 1 N–H and O–H groups in total. The highest BCUT2D eigenvalue weighted by Gasteiger charge is 2.18. The molecule has 0 aliphatic rings. The summed E-state index contributed by atoms with van der Waals surface area (Å²) in [5, 5.41) is 11.1. The number of amides is 1. The van der Waals surface area contributed by atoms with E-state index in [1.807, 2.05) is 47.9 Å². The van der Waals surface area contributed by atoms with Crippen LogP contribution < -0.4 is 5.32 Å². The van der Waals surface area contributed by atoms with Gasteiger partial charge in [0.25, 0.3) is 5.89 Å². The number of aromatic nitrogens is 7. The molecule has 0 bridgehead atoms. The van der Waals surface area contributed by atoms with Crippen LogP contribution in [-0.4, -0.2) is 46.2 Å². The number of hydrogen-bond donors (Lipinski definition) is 1. The maximum Gasteiger partial charge on any atom is 0.412 e. The number of rotatable bonds is 6. The molecule has 0 spiro atoms. The van der Waals surface area contributed by atoms with Crippen LogP contribution in [0.3, 0.4) is 0 Å². The maximum atomic E-state index is 12.2. The number of aryl methyl sites for hydroxylation is 1. The largest absolute Gasteiger partial charge is 0.444 e. The predicted molar refractivity (Wildman–Crippen MR) is 139 cm³/mol. The summed E-state index contributed by atoms with van der Waals surface area (Å²) in [5.41, 5.74) is 3.16. The van der Waals surface area contributed by atoms with Gasteiger partial charge in [-0.05, 0) is 58.0 Å². The van der Waals surface area contributed by atoms with E-state index in [0.717, 1.165) is 16.9 Å². The van der Waals surface area contributed by atoms with Crippen molar-refractivity contribution in [2.45, 2.75) is 39.8 Å². The van der Waals surface area contributed by atoms with E-state index in [2.05, 4.69) is 30.5 Å². The number of imidazole rings is 1. The van der Waals surface area contributed by atoms with Gasteiger partial charge in [-0.2, -0.15) is 10.1 Å². The lowest BCUT2D eigenvalue weighted by atomic mass is 10.2. The topological polar surface area (TPSA) is 126 Å². The molecule has 0 saturated carbocycles. The fourth-order valence-electron chi connectivity index (χ4n) is 3.71. The molecule has 0 aliphatic heterocycles. The normalized spacial score (nSPS) is 11.9. The Morgan fingerprint density at radius 3 is 2.70 bits per heavy atom. The molecule has 5 rings (SSSR count). The summed E-state index contributed by atoms with van der Waals surface area (Å²) in [7, 11) is 0. The second-order valence-corrected chi connectivity index (χ2v) is 9.18. The smallest absolute Gasteiger partial charge is 0.412 e. The number of anilines is 1. The number of carbonyl (C=O) groups is 1. The molecule has 4 aromatic heterocycles. The van der Waals surface area contributed by atoms with Gasteiger partial charge in [0.05, 0.1) is 28.6 Å². The number of pyridine rings is 1. The van der Waals surface area contributed by atoms with E-state index in [0.29, 0.717) is 35.2 Å². The van der Waals surface area contributed by atoms with Crippen molar-refractivity contribution in [3.63, 3.8) is 0 Å². The summed E-state index contributed by atoms with van der Waals surface area (Å²) in [6, 6.07) is 11.6. The summed E-state index contributed by atoms with van der Waals surface area (Å²) in [6.45, 7) is 7.97. The van der Waals surface area contributed by atoms with Crippen LogP contribution in [0.2, 0.25) is 0 Å². The monoisotopic (exact) mass is 498 g/mol. The van der Waals surface area contributed by atoms with Crippen molar-refractivity contribution in [2.24, 2.45) is 0 Å². The standard InChI is InChI=1S/C26H26N8O3/c1-5-34-21(19(15-29-34)30-25(35)36-26(2,3)4)11-13-23-31-24(32-37-23)17-10-12-22(27-14-17)33-16-28-18-8-6-7-9-20(18)33/h6-16H,5H2,1-4H3,(H,30,35)/b13-11+. The number of nitrogens with one attached hydrogen (secondary N) is 1. The fraction of sp³-hybridized carbons (Fsp3) is 0.231. The number of para-hydroxylation sites is 2. The van der Waals surface area contributed by atoms with Gasteiger partial charge in [-0.15, -0.1) is 0 Å². The van der Waals surface area contributed by atoms with Crippen LogP contribution in [0.25, 0.3) is 40.4 Å². The summed E-state index contributed by atoms with van der Waals surface area (Å²) >= 11 is 0. The molecule has 11 nitrogen and oxygen atoms in total. The first-order chi connectivity index (χ1) is 17.8. The molecule has 0 aliphatic carbocycles.